The Kier molecular flexibility index (Phi) is 8.02. The molecule has 0 saturated heterocycles. The molecule has 3 aromatic rings. The van der Waals surface area contributed by atoms with E-state index in [-0.39, 0.29) is 20.6 Å². The molecule has 39 heavy (non-hydrogen) atoms. The second kappa shape index (κ2) is 11.1. The molecule has 8 nitrogen and oxygen atoms in total. The molecule has 0 aliphatic carbocycles. The summed E-state index contributed by atoms with van der Waals surface area (Å²) in [5, 5.41) is 13.7. The van der Waals surface area contributed by atoms with Crippen molar-refractivity contribution in [2.24, 2.45) is 5.16 Å². The molecule has 0 atom stereocenters. The number of thioether (sulfide) groups is 1. The monoisotopic (exact) mass is 580 g/mol. The summed E-state index contributed by atoms with van der Waals surface area (Å²) in [7, 11) is -8.44. The van der Waals surface area contributed by atoms with Crippen molar-refractivity contribution in [1.82, 2.24) is 0 Å². The fourth-order valence-corrected chi connectivity index (χ4v) is 7.10. The summed E-state index contributed by atoms with van der Waals surface area (Å²) in [4.78, 5) is 0.453. The van der Waals surface area contributed by atoms with E-state index < -0.39 is 20.2 Å². The molecular formula is C28H24N2O6S3. The minimum atomic E-state index is -4.30. The molecule has 0 bridgehead atoms. The standard InChI is InChI=1S/C28H24N2O6S3/c1-18-15-20(3)28(21(4)16-18)39(33,34)35-22-9-11-23(12-10-22)38(31,32)36-30-27-14-13-26(37-27)25(17-29)24-8-6-5-7-19(24)2/h5-16H,1-4H3/b26-25-,30-27?. The first kappa shape index (κ1) is 28.2. The van der Waals surface area contributed by atoms with E-state index in [1.807, 2.05) is 38.1 Å². The minimum absolute atomic E-state index is 0.0519. The van der Waals surface area contributed by atoms with E-state index in [2.05, 4.69) is 11.2 Å². The highest BCUT2D eigenvalue weighted by Crippen LogP contribution is 2.35. The minimum Gasteiger partial charge on any atom is -0.379 e. The van der Waals surface area contributed by atoms with E-state index in [0.717, 1.165) is 28.5 Å². The van der Waals surface area contributed by atoms with Crippen LogP contribution in [0.2, 0.25) is 0 Å². The number of hydrogen-bond donors (Lipinski definition) is 0. The lowest BCUT2D eigenvalue weighted by atomic mass is 10.0. The van der Waals surface area contributed by atoms with Gasteiger partial charge in [-0.25, -0.2) is 0 Å². The zero-order valence-corrected chi connectivity index (χ0v) is 23.9. The second-order valence-corrected chi connectivity index (χ2v) is 12.9. The van der Waals surface area contributed by atoms with Gasteiger partial charge in [0, 0.05) is 4.91 Å². The number of hydrogen-bond acceptors (Lipinski definition) is 9. The van der Waals surface area contributed by atoms with Gasteiger partial charge in [0.1, 0.15) is 26.7 Å². The molecular weight excluding hydrogens is 557 g/mol. The number of nitrogens with zero attached hydrogens (tertiary/aromatic N) is 2. The zero-order chi connectivity index (χ0) is 28.4. The highest BCUT2D eigenvalue weighted by molar-refractivity contribution is 8.18. The van der Waals surface area contributed by atoms with E-state index in [1.165, 1.54) is 24.3 Å². The molecule has 3 aromatic carbocycles. The molecule has 200 valence electrons. The van der Waals surface area contributed by atoms with Crippen LogP contribution in [0.1, 0.15) is 27.8 Å². The van der Waals surface area contributed by atoms with Crippen LogP contribution in [0, 0.1) is 39.0 Å². The van der Waals surface area contributed by atoms with Gasteiger partial charge in [0.15, 0.2) is 0 Å². The maximum atomic E-state index is 12.9. The average molecular weight is 581 g/mol. The van der Waals surface area contributed by atoms with Crippen LogP contribution in [0.5, 0.6) is 5.75 Å². The maximum absolute atomic E-state index is 12.9. The molecule has 4 rings (SSSR count). The summed E-state index contributed by atoms with van der Waals surface area (Å²) >= 11 is 1.11. The number of nitriles is 1. The summed E-state index contributed by atoms with van der Waals surface area (Å²) < 4.78 is 61.2. The van der Waals surface area contributed by atoms with Crippen molar-refractivity contribution in [2.75, 3.05) is 0 Å². The Bertz CT molecular complexity index is 1780. The normalized spacial score (nSPS) is 15.7. The van der Waals surface area contributed by atoms with Gasteiger partial charge in [0.25, 0.3) is 0 Å². The van der Waals surface area contributed by atoms with Gasteiger partial charge < -0.3 is 4.18 Å². The molecule has 1 aliphatic heterocycles. The van der Waals surface area contributed by atoms with Gasteiger partial charge in [-0.1, -0.05) is 58.9 Å². The Morgan fingerprint density at radius 2 is 1.49 bits per heavy atom. The lowest BCUT2D eigenvalue weighted by Gasteiger charge is -2.13. The van der Waals surface area contributed by atoms with Crippen LogP contribution in [0.3, 0.4) is 0 Å². The molecule has 0 unspecified atom stereocenters. The molecule has 11 heteroatoms. The Labute approximate surface area is 232 Å². The van der Waals surface area contributed by atoms with Gasteiger partial charge in [-0.3, -0.25) is 4.28 Å². The van der Waals surface area contributed by atoms with E-state index in [4.69, 9.17) is 8.47 Å². The van der Waals surface area contributed by atoms with E-state index in [0.29, 0.717) is 21.6 Å². The fraction of sp³-hybridized carbons (Fsp3) is 0.143. The van der Waals surface area contributed by atoms with Crippen molar-refractivity contribution in [1.29, 1.82) is 5.26 Å². The first-order valence-electron chi connectivity index (χ1n) is 11.6. The van der Waals surface area contributed by atoms with Gasteiger partial charge in [0.05, 0.1) is 5.57 Å². The Morgan fingerprint density at radius 1 is 0.846 bits per heavy atom. The number of oxime groups is 1. The zero-order valence-electron chi connectivity index (χ0n) is 21.5. The van der Waals surface area contributed by atoms with E-state index >= 15 is 0 Å². The van der Waals surface area contributed by atoms with Crippen molar-refractivity contribution in [3.63, 3.8) is 0 Å². The van der Waals surface area contributed by atoms with Crippen molar-refractivity contribution in [2.45, 2.75) is 37.5 Å². The average Bonchev–Trinajstić information content (AvgIpc) is 3.32. The third kappa shape index (κ3) is 6.25. The molecule has 1 aliphatic rings. The predicted molar refractivity (Wildman–Crippen MR) is 151 cm³/mol. The molecule has 0 fully saturated rings. The first-order valence-corrected chi connectivity index (χ1v) is 15.2. The van der Waals surface area contributed by atoms with Gasteiger partial charge >= 0.3 is 20.2 Å². The van der Waals surface area contributed by atoms with Gasteiger partial charge in [-0.05, 0) is 86.4 Å². The van der Waals surface area contributed by atoms with Gasteiger partial charge in [-0.2, -0.15) is 22.1 Å². The van der Waals surface area contributed by atoms with E-state index in [9.17, 15) is 22.1 Å². The highest BCUT2D eigenvalue weighted by Gasteiger charge is 2.24. The molecule has 0 N–H and O–H groups in total. The number of allylic oxidation sites excluding steroid dienone is 2. The number of rotatable bonds is 7. The van der Waals surface area contributed by atoms with Crippen LogP contribution in [-0.2, 0) is 24.5 Å². The van der Waals surface area contributed by atoms with Crippen molar-refractivity contribution >= 4 is 42.6 Å². The topological polar surface area (TPSA) is 123 Å². The molecule has 0 spiro atoms. The summed E-state index contributed by atoms with van der Waals surface area (Å²) in [5.41, 5.74) is 4.19. The lowest BCUT2D eigenvalue weighted by Crippen LogP contribution is -2.13. The second-order valence-electron chi connectivity index (χ2n) is 8.80. The summed E-state index contributed by atoms with van der Waals surface area (Å²) in [6.45, 7) is 7.14. The van der Waals surface area contributed by atoms with Crippen LogP contribution in [0.4, 0.5) is 0 Å². The largest absolute Gasteiger partial charge is 0.379 e. The van der Waals surface area contributed by atoms with Crippen molar-refractivity contribution < 1.29 is 25.3 Å². The SMILES string of the molecule is Cc1cc(C)c(S(=O)(=O)Oc2ccc(S(=O)(=O)ON=C3C=C/C(=C(\C#N)c4ccccc4C)S3)cc2)c(C)c1. The van der Waals surface area contributed by atoms with E-state index in [1.54, 1.807) is 38.1 Å². The molecule has 0 saturated carbocycles. The van der Waals surface area contributed by atoms with Crippen LogP contribution in [0.15, 0.2) is 92.7 Å². The summed E-state index contributed by atoms with van der Waals surface area (Å²) in [6, 6.07) is 18.0. The number of benzene rings is 3. The third-order valence-corrected chi connectivity index (χ3v) is 9.42. The molecule has 0 amide bonds. The van der Waals surface area contributed by atoms with Crippen molar-refractivity contribution in [3.8, 4) is 11.8 Å². The fourth-order valence-electron chi connectivity index (χ4n) is 4.13. The quantitative estimate of drug-likeness (QED) is 0.191. The van der Waals surface area contributed by atoms with Crippen molar-refractivity contribution in [3.05, 3.63) is 106 Å². The highest BCUT2D eigenvalue weighted by atomic mass is 32.2. The molecule has 1 heterocycles. The van der Waals surface area contributed by atoms with Gasteiger partial charge in [-0.15, -0.1) is 0 Å². The molecule has 0 radical (unpaired) electrons. The van der Waals surface area contributed by atoms with Crippen LogP contribution in [0.25, 0.3) is 5.57 Å². The summed E-state index contributed by atoms with van der Waals surface area (Å²) in [6.07, 6.45) is 3.23. The van der Waals surface area contributed by atoms with Crippen LogP contribution < -0.4 is 4.18 Å². The smallest absolute Gasteiger partial charge is 0.358 e. The first-order chi connectivity index (χ1) is 18.4. The van der Waals surface area contributed by atoms with Crippen LogP contribution in [-0.4, -0.2) is 21.9 Å². The Balaban J connectivity index is 1.48. The Hall–Kier alpha value is -3.85. The Morgan fingerprint density at radius 3 is 2.10 bits per heavy atom. The molecule has 0 aromatic heterocycles. The summed E-state index contributed by atoms with van der Waals surface area (Å²) in [5.74, 6) is -0.0519. The predicted octanol–water partition coefficient (Wildman–Crippen LogP) is 5.94. The number of aryl methyl sites for hydroxylation is 4. The third-order valence-electron chi connectivity index (χ3n) is 5.76. The lowest BCUT2D eigenvalue weighted by molar-refractivity contribution is 0.340. The van der Waals surface area contributed by atoms with Crippen LogP contribution >= 0.6 is 11.8 Å². The maximum Gasteiger partial charge on any atom is 0.358 e. The van der Waals surface area contributed by atoms with Gasteiger partial charge in [0.2, 0.25) is 0 Å².